The fourth-order valence-electron chi connectivity index (χ4n) is 1.33. The Morgan fingerprint density at radius 3 is 2.67 bits per heavy atom. The van der Waals surface area contributed by atoms with Gasteiger partial charge in [-0.25, -0.2) is 0 Å². The zero-order valence-electron chi connectivity index (χ0n) is 7.75. The smallest absolute Gasteiger partial charge is 0.0187 e. The van der Waals surface area contributed by atoms with Gasteiger partial charge in [-0.15, -0.1) is 0 Å². The van der Waals surface area contributed by atoms with E-state index in [0.29, 0.717) is 5.92 Å². The van der Waals surface area contributed by atoms with Crippen molar-refractivity contribution in [1.82, 2.24) is 0 Å². The first kappa shape index (κ1) is 9.05. The van der Waals surface area contributed by atoms with Crippen LogP contribution in [-0.2, 0) is 0 Å². The minimum atomic E-state index is 0.598. The molecule has 12 heavy (non-hydrogen) atoms. The fraction of sp³-hybridized carbons (Fsp3) is 0.333. The van der Waals surface area contributed by atoms with Gasteiger partial charge >= 0.3 is 0 Å². The second kappa shape index (κ2) is 4.10. The van der Waals surface area contributed by atoms with E-state index in [1.54, 1.807) is 6.08 Å². The lowest BCUT2D eigenvalue weighted by Gasteiger charge is -2.11. The molecule has 0 aliphatic carbocycles. The molecule has 1 aromatic rings. The summed E-state index contributed by atoms with van der Waals surface area (Å²) in [7, 11) is 0. The van der Waals surface area contributed by atoms with Gasteiger partial charge < -0.3 is 0 Å². The van der Waals surface area contributed by atoms with E-state index < -0.39 is 0 Å². The monoisotopic (exact) mass is 159 g/mol. The number of hydrogen-bond donors (Lipinski definition) is 0. The van der Waals surface area contributed by atoms with Gasteiger partial charge in [-0.05, 0) is 23.5 Å². The van der Waals surface area contributed by atoms with Crippen molar-refractivity contribution < 1.29 is 0 Å². The second-order valence-corrected chi connectivity index (χ2v) is 3.10. The van der Waals surface area contributed by atoms with Gasteiger partial charge in [-0.2, -0.15) is 0 Å². The first-order chi connectivity index (χ1) is 5.79. The van der Waals surface area contributed by atoms with Crippen LogP contribution >= 0.6 is 0 Å². The SMILES string of the molecule is [CH]=Cc1ccccc1C(C)CC. The molecule has 0 aliphatic rings. The summed E-state index contributed by atoms with van der Waals surface area (Å²) in [6, 6.07) is 8.29. The Morgan fingerprint density at radius 2 is 2.08 bits per heavy atom. The van der Waals surface area contributed by atoms with Crippen LogP contribution in [0.2, 0.25) is 0 Å². The van der Waals surface area contributed by atoms with Crippen LogP contribution in [0.4, 0.5) is 0 Å². The molecule has 0 aromatic heterocycles. The third kappa shape index (κ3) is 1.76. The van der Waals surface area contributed by atoms with Gasteiger partial charge in [0.25, 0.3) is 0 Å². The molecule has 0 nitrogen and oxygen atoms in total. The summed E-state index contributed by atoms with van der Waals surface area (Å²) < 4.78 is 0. The lowest BCUT2D eigenvalue weighted by molar-refractivity contribution is 0.732. The molecule has 0 heteroatoms. The van der Waals surface area contributed by atoms with Crippen molar-refractivity contribution in [2.45, 2.75) is 26.2 Å². The summed E-state index contributed by atoms with van der Waals surface area (Å²) in [5, 5.41) is 0. The highest BCUT2D eigenvalue weighted by Crippen LogP contribution is 2.22. The highest BCUT2D eigenvalue weighted by molar-refractivity contribution is 5.51. The molecule has 1 rings (SSSR count). The Labute approximate surface area is 74.9 Å². The van der Waals surface area contributed by atoms with Crippen LogP contribution in [-0.4, -0.2) is 0 Å². The maximum atomic E-state index is 5.52. The van der Waals surface area contributed by atoms with Gasteiger partial charge in [0.05, 0.1) is 0 Å². The molecule has 0 fully saturated rings. The van der Waals surface area contributed by atoms with Crippen molar-refractivity contribution in [3.63, 3.8) is 0 Å². The number of benzene rings is 1. The van der Waals surface area contributed by atoms with E-state index in [1.807, 2.05) is 6.07 Å². The van der Waals surface area contributed by atoms with E-state index in [4.69, 9.17) is 6.58 Å². The molecule has 1 atom stereocenters. The highest BCUT2D eigenvalue weighted by atomic mass is 14.1. The maximum Gasteiger partial charge on any atom is -0.0187 e. The predicted octanol–water partition coefficient (Wildman–Crippen LogP) is 3.65. The minimum absolute atomic E-state index is 0.598. The molecule has 1 aromatic carbocycles. The summed E-state index contributed by atoms with van der Waals surface area (Å²) in [6.45, 7) is 9.94. The summed E-state index contributed by atoms with van der Waals surface area (Å²) in [5.74, 6) is 0.598. The quantitative estimate of drug-likeness (QED) is 0.631. The summed E-state index contributed by atoms with van der Waals surface area (Å²) >= 11 is 0. The van der Waals surface area contributed by atoms with Gasteiger partial charge in [0.2, 0.25) is 0 Å². The normalized spacial score (nSPS) is 12.5. The van der Waals surface area contributed by atoms with Crippen molar-refractivity contribution in [3.05, 3.63) is 42.0 Å². The Balaban J connectivity index is 3.04. The van der Waals surface area contributed by atoms with Crippen molar-refractivity contribution >= 4 is 6.08 Å². The molecular formula is C12H15. The fourth-order valence-corrected chi connectivity index (χ4v) is 1.33. The van der Waals surface area contributed by atoms with Crippen LogP contribution in [0.15, 0.2) is 24.3 Å². The van der Waals surface area contributed by atoms with Gasteiger partial charge in [-0.1, -0.05) is 50.8 Å². The Bertz CT molecular complexity index is 260. The largest absolute Gasteiger partial charge is 0.0648 e. The first-order valence-corrected chi connectivity index (χ1v) is 4.43. The highest BCUT2D eigenvalue weighted by Gasteiger charge is 2.04. The van der Waals surface area contributed by atoms with Crippen LogP contribution in [0.25, 0.3) is 6.08 Å². The van der Waals surface area contributed by atoms with E-state index in [-0.39, 0.29) is 0 Å². The average Bonchev–Trinajstić information content (AvgIpc) is 2.16. The van der Waals surface area contributed by atoms with Gasteiger partial charge in [0.1, 0.15) is 0 Å². The van der Waals surface area contributed by atoms with Crippen molar-refractivity contribution in [1.29, 1.82) is 0 Å². The lowest BCUT2D eigenvalue weighted by Crippen LogP contribution is -1.93. The van der Waals surface area contributed by atoms with Crippen molar-refractivity contribution in [2.24, 2.45) is 0 Å². The molecule has 1 unspecified atom stereocenters. The van der Waals surface area contributed by atoms with E-state index in [2.05, 4.69) is 32.0 Å². The Kier molecular flexibility index (Phi) is 3.09. The molecule has 0 saturated heterocycles. The van der Waals surface area contributed by atoms with Crippen LogP contribution in [0.1, 0.15) is 37.3 Å². The summed E-state index contributed by atoms with van der Waals surface area (Å²) in [5.41, 5.74) is 2.51. The maximum absolute atomic E-state index is 5.52. The van der Waals surface area contributed by atoms with Gasteiger partial charge in [0.15, 0.2) is 0 Å². The third-order valence-electron chi connectivity index (χ3n) is 2.32. The molecule has 0 bridgehead atoms. The zero-order chi connectivity index (χ0) is 8.97. The van der Waals surface area contributed by atoms with E-state index in [1.165, 1.54) is 5.56 Å². The van der Waals surface area contributed by atoms with E-state index in [9.17, 15) is 0 Å². The van der Waals surface area contributed by atoms with E-state index in [0.717, 1.165) is 12.0 Å². The van der Waals surface area contributed by atoms with Crippen molar-refractivity contribution in [3.8, 4) is 0 Å². The molecular weight excluding hydrogens is 144 g/mol. The molecule has 0 saturated carbocycles. The third-order valence-corrected chi connectivity index (χ3v) is 2.32. The molecule has 63 valence electrons. The second-order valence-electron chi connectivity index (χ2n) is 3.10. The average molecular weight is 159 g/mol. The zero-order valence-corrected chi connectivity index (χ0v) is 7.75. The Morgan fingerprint density at radius 1 is 1.42 bits per heavy atom. The summed E-state index contributed by atoms with van der Waals surface area (Å²) in [4.78, 5) is 0. The first-order valence-electron chi connectivity index (χ1n) is 4.43. The lowest BCUT2D eigenvalue weighted by atomic mass is 9.94. The molecule has 0 heterocycles. The topological polar surface area (TPSA) is 0 Å². The van der Waals surface area contributed by atoms with Gasteiger partial charge in [0, 0.05) is 0 Å². The van der Waals surface area contributed by atoms with Gasteiger partial charge in [-0.3, -0.25) is 0 Å². The molecule has 0 N–H and O–H groups in total. The van der Waals surface area contributed by atoms with Crippen LogP contribution < -0.4 is 0 Å². The number of hydrogen-bond acceptors (Lipinski definition) is 0. The molecule has 0 aliphatic heterocycles. The number of rotatable bonds is 3. The van der Waals surface area contributed by atoms with E-state index >= 15 is 0 Å². The molecule has 0 spiro atoms. The van der Waals surface area contributed by atoms with Crippen LogP contribution in [0, 0.1) is 6.58 Å². The molecule has 1 radical (unpaired) electrons. The van der Waals surface area contributed by atoms with Crippen molar-refractivity contribution in [2.75, 3.05) is 0 Å². The predicted molar refractivity (Wildman–Crippen MR) is 53.9 cm³/mol. The Hall–Kier alpha value is -1.04. The van der Waals surface area contributed by atoms with Crippen LogP contribution in [0.3, 0.4) is 0 Å². The standard InChI is InChI=1S/C12H15/c1-4-10(3)12-9-7-6-8-11(12)5-2/h2,5-10H,4H2,1,3H3. The molecule has 0 amide bonds. The summed E-state index contributed by atoms with van der Waals surface area (Å²) in [6.07, 6.45) is 2.84. The minimum Gasteiger partial charge on any atom is -0.0648 e. The van der Waals surface area contributed by atoms with Crippen LogP contribution in [0.5, 0.6) is 0 Å².